The molecule has 2 aromatic rings. The largest absolute Gasteiger partial charge is 0.497 e. The molecule has 0 fully saturated rings. The van der Waals surface area contributed by atoms with Crippen LogP contribution in [0.25, 0.3) is 0 Å². The average Bonchev–Trinajstić information content (AvgIpc) is 2.44. The molecule has 2 nitrogen and oxygen atoms in total. The lowest BCUT2D eigenvalue weighted by Gasteiger charge is -2.15. The Kier molecular flexibility index (Phi) is 4.69. The molecule has 0 amide bonds. The SMILES string of the molecule is COc1cccc(CNC(C)c2cc(F)cc(F)c2)c1. The van der Waals surface area contributed by atoms with Crippen LogP contribution in [-0.2, 0) is 6.54 Å². The quantitative estimate of drug-likeness (QED) is 0.897. The van der Waals surface area contributed by atoms with Crippen LogP contribution in [0.5, 0.6) is 5.75 Å². The monoisotopic (exact) mass is 277 g/mol. The maximum atomic E-state index is 13.2. The average molecular weight is 277 g/mol. The summed E-state index contributed by atoms with van der Waals surface area (Å²) in [6.45, 7) is 2.46. The van der Waals surface area contributed by atoms with Gasteiger partial charge in [0.05, 0.1) is 7.11 Å². The van der Waals surface area contributed by atoms with Crippen molar-refractivity contribution in [2.24, 2.45) is 0 Å². The fourth-order valence-corrected chi connectivity index (χ4v) is 2.00. The zero-order valence-corrected chi connectivity index (χ0v) is 11.5. The van der Waals surface area contributed by atoms with Crippen molar-refractivity contribution in [2.45, 2.75) is 19.5 Å². The number of hydrogen-bond acceptors (Lipinski definition) is 2. The summed E-state index contributed by atoms with van der Waals surface area (Å²) in [5.41, 5.74) is 1.64. The van der Waals surface area contributed by atoms with Gasteiger partial charge < -0.3 is 10.1 Å². The molecule has 0 heterocycles. The van der Waals surface area contributed by atoms with Gasteiger partial charge in [-0.2, -0.15) is 0 Å². The van der Waals surface area contributed by atoms with Crippen molar-refractivity contribution in [3.63, 3.8) is 0 Å². The molecule has 0 spiro atoms. The minimum atomic E-state index is -0.560. The van der Waals surface area contributed by atoms with Gasteiger partial charge in [0, 0.05) is 18.7 Å². The molecule has 1 unspecified atom stereocenters. The van der Waals surface area contributed by atoms with E-state index in [4.69, 9.17) is 4.74 Å². The normalized spacial score (nSPS) is 12.2. The lowest BCUT2D eigenvalue weighted by atomic mass is 10.1. The van der Waals surface area contributed by atoms with Gasteiger partial charge in [0.2, 0.25) is 0 Å². The number of halogens is 2. The molecule has 0 aliphatic carbocycles. The van der Waals surface area contributed by atoms with Crippen LogP contribution in [-0.4, -0.2) is 7.11 Å². The molecule has 106 valence electrons. The highest BCUT2D eigenvalue weighted by Gasteiger charge is 2.08. The van der Waals surface area contributed by atoms with Crippen LogP contribution >= 0.6 is 0 Å². The second-order valence-electron chi connectivity index (χ2n) is 4.66. The smallest absolute Gasteiger partial charge is 0.126 e. The van der Waals surface area contributed by atoms with E-state index < -0.39 is 11.6 Å². The lowest BCUT2D eigenvalue weighted by molar-refractivity contribution is 0.414. The van der Waals surface area contributed by atoms with E-state index in [1.54, 1.807) is 7.11 Å². The molecule has 0 aromatic heterocycles. The number of benzene rings is 2. The van der Waals surface area contributed by atoms with E-state index in [2.05, 4.69) is 5.32 Å². The molecule has 2 rings (SSSR count). The molecular formula is C16H17F2NO. The Balaban J connectivity index is 2.02. The summed E-state index contributed by atoms with van der Waals surface area (Å²) in [6.07, 6.45) is 0. The molecule has 20 heavy (non-hydrogen) atoms. The van der Waals surface area contributed by atoms with Gasteiger partial charge in [-0.3, -0.25) is 0 Å². The maximum absolute atomic E-state index is 13.2. The summed E-state index contributed by atoms with van der Waals surface area (Å²) in [5, 5.41) is 3.23. The minimum Gasteiger partial charge on any atom is -0.497 e. The first kappa shape index (κ1) is 14.5. The fourth-order valence-electron chi connectivity index (χ4n) is 2.00. The van der Waals surface area contributed by atoms with Gasteiger partial charge in [0.25, 0.3) is 0 Å². The van der Waals surface area contributed by atoms with Gasteiger partial charge >= 0.3 is 0 Å². The predicted molar refractivity (Wildman–Crippen MR) is 74.6 cm³/mol. The third-order valence-corrected chi connectivity index (χ3v) is 3.13. The van der Waals surface area contributed by atoms with Gasteiger partial charge in [-0.05, 0) is 42.3 Å². The van der Waals surface area contributed by atoms with E-state index in [1.807, 2.05) is 31.2 Å². The first-order valence-electron chi connectivity index (χ1n) is 6.41. The Morgan fingerprint density at radius 3 is 2.45 bits per heavy atom. The molecule has 4 heteroatoms. The minimum absolute atomic E-state index is 0.147. The Bertz CT molecular complexity index is 566. The highest BCUT2D eigenvalue weighted by Crippen LogP contribution is 2.17. The molecular weight excluding hydrogens is 260 g/mol. The second-order valence-corrected chi connectivity index (χ2v) is 4.66. The molecule has 0 bridgehead atoms. The third-order valence-electron chi connectivity index (χ3n) is 3.13. The highest BCUT2D eigenvalue weighted by atomic mass is 19.1. The van der Waals surface area contributed by atoms with Crippen LogP contribution in [0, 0.1) is 11.6 Å². The van der Waals surface area contributed by atoms with Crippen LogP contribution in [0.1, 0.15) is 24.1 Å². The first-order chi connectivity index (χ1) is 9.58. The summed E-state index contributed by atoms with van der Waals surface area (Å²) in [6, 6.07) is 11.1. The van der Waals surface area contributed by atoms with Gasteiger partial charge in [-0.1, -0.05) is 12.1 Å². The molecule has 0 aliphatic rings. The van der Waals surface area contributed by atoms with Gasteiger partial charge in [-0.25, -0.2) is 8.78 Å². The molecule has 0 saturated carbocycles. The van der Waals surface area contributed by atoms with E-state index in [-0.39, 0.29) is 6.04 Å². The van der Waals surface area contributed by atoms with Crippen LogP contribution in [0.4, 0.5) is 8.78 Å². The molecule has 0 saturated heterocycles. The van der Waals surface area contributed by atoms with E-state index >= 15 is 0 Å². The molecule has 1 atom stereocenters. The van der Waals surface area contributed by atoms with Crippen LogP contribution in [0.3, 0.4) is 0 Å². The highest BCUT2D eigenvalue weighted by molar-refractivity contribution is 5.28. The zero-order chi connectivity index (χ0) is 14.5. The van der Waals surface area contributed by atoms with Gasteiger partial charge in [0.1, 0.15) is 17.4 Å². The standard InChI is InChI=1S/C16H17F2NO/c1-11(13-7-14(17)9-15(18)8-13)19-10-12-4-3-5-16(6-12)20-2/h3-9,11,19H,10H2,1-2H3. The molecule has 1 N–H and O–H groups in total. The number of methoxy groups -OCH3 is 1. The number of nitrogens with one attached hydrogen (secondary N) is 1. The van der Waals surface area contributed by atoms with Crippen molar-refractivity contribution in [1.82, 2.24) is 5.32 Å². The molecule has 2 aromatic carbocycles. The number of rotatable bonds is 5. The van der Waals surface area contributed by atoms with E-state index in [9.17, 15) is 8.78 Å². The Morgan fingerprint density at radius 1 is 1.10 bits per heavy atom. The Morgan fingerprint density at radius 2 is 1.80 bits per heavy atom. The van der Waals surface area contributed by atoms with E-state index in [0.29, 0.717) is 12.1 Å². The van der Waals surface area contributed by atoms with Crippen molar-refractivity contribution >= 4 is 0 Å². The van der Waals surface area contributed by atoms with Crippen molar-refractivity contribution in [3.05, 3.63) is 65.2 Å². The number of ether oxygens (including phenoxy) is 1. The van der Waals surface area contributed by atoms with E-state index in [0.717, 1.165) is 17.4 Å². The summed E-state index contributed by atoms with van der Waals surface area (Å²) >= 11 is 0. The van der Waals surface area contributed by atoms with Crippen molar-refractivity contribution < 1.29 is 13.5 Å². The third kappa shape index (κ3) is 3.78. The topological polar surface area (TPSA) is 21.3 Å². The first-order valence-corrected chi connectivity index (χ1v) is 6.41. The van der Waals surface area contributed by atoms with Crippen molar-refractivity contribution in [1.29, 1.82) is 0 Å². The van der Waals surface area contributed by atoms with Crippen molar-refractivity contribution in [2.75, 3.05) is 7.11 Å². The summed E-state index contributed by atoms with van der Waals surface area (Å²) in [4.78, 5) is 0. The Hall–Kier alpha value is -1.94. The van der Waals surface area contributed by atoms with E-state index in [1.165, 1.54) is 12.1 Å². The van der Waals surface area contributed by atoms with Crippen LogP contribution < -0.4 is 10.1 Å². The second kappa shape index (κ2) is 6.48. The van der Waals surface area contributed by atoms with Crippen molar-refractivity contribution in [3.8, 4) is 5.75 Å². The molecule has 0 aliphatic heterocycles. The van der Waals surface area contributed by atoms with Crippen LogP contribution in [0.15, 0.2) is 42.5 Å². The Labute approximate surface area is 117 Å². The predicted octanol–water partition coefficient (Wildman–Crippen LogP) is 3.82. The molecule has 0 radical (unpaired) electrons. The summed E-state index contributed by atoms with van der Waals surface area (Å²) in [5.74, 6) is -0.334. The van der Waals surface area contributed by atoms with Crippen LogP contribution in [0.2, 0.25) is 0 Å². The zero-order valence-electron chi connectivity index (χ0n) is 11.5. The van der Waals surface area contributed by atoms with Gasteiger partial charge in [0.15, 0.2) is 0 Å². The number of hydrogen-bond donors (Lipinski definition) is 1. The van der Waals surface area contributed by atoms with Gasteiger partial charge in [-0.15, -0.1) is 0 Å². The summed E-state index contributed by atoms with van der Waals surface area (Å²) < 4.78 is 31.5. The maximum Gasteiger partial charge on any atom is 0.126 e. The lowest BCUT2D eigenvalue weighted by Crippen LogP contribution is -2.18. The summed E-state index contributed by atoms with van der Waals surface area (Å²) in [7, 11) is 1.62. The fraction of sp³-hybridized carbons (Fsp3) is 0.250.